The molecule has 2 N–H and O–H groups in total. The Morgan fingerprint density at radius 3 is 2.65 bits per heavy atom. The molecule has 26 heavy (non-hydrogen) atoms. The van der Waals surface area contributed by atoms with E-state index in [1.54, 1.807) is 6.08 Å². The maximum absolute atomic E-state index is 5.71. The molecular weight excluding hydrogens is 439 g/mol. The van der Waals surface area contributed by atoms with Crippen molar-refractivity contribution in [1.82, 2.24) is 15.5 Å². The van der Waals surface area contributed by atoms with Gasteiger partial charge in [0, 0.05) is 44.8 Å². The van der Waals surface area contributed by atoms with Gasteiger partial charge < -0.3 is 15.4 Å². The average Bonchev–Trinajstić information content (AvgIpc) is 2.65. The second-order valence-corrected chi connectivity index (χ2v) is 6.14. The van der Waals surface area contributed by atoms with Crippen molar-refractivity contribution in [3.63, 3.8) is 0 Å². The molecule has 0 saturated carbocycles. The molecule has 1 aliphatic rings. The van der Waals surface area contributed by atoms with Crippen molar-refractivity contribution in [2.24, 2.45) is 4.99 Å². The maximum atomic E-state index is 5.71. The first-order chi connectivity index (χ1) is 12.3. The third-order valence-corrected chi connectivity index (χ3v) is 4.31. The van der Waals surface area contributed by atoms with Gasteiger partial charge in [0.05, 0.1) is 0 Å². The number of benzene rings is 1. The summed E-state index contributed by atoms with van der Waals surface area (Å²) in [6.07, 6.45) is 5.96. The predicted molar refractivity (Wildman–Crippen MR) is 121 cm³/mol. The lowest BCUT2D eigenvalue weighted by molar-refractivity contribution is 0.225. The van der Waals surface area contributed by atoms with E-state index in [-0.39, 0.29) is 24.0 Å². The summed E-state index contributed by atoms with van der Waals surface area (Å²) in [6, 6.07) is 8.49. The van der Waals surface area contributed by atoms with E-state index in [1.165, 1.54) is 0 Å². The van der Waals surface area contributed by atoms with Crippen molar-refractivity contribution >= 4 is 29.9 Å². The molecule has 0 atom stereocenters. The van der Waals surface area contributed by atoms with Crippen molar-refractivity contribution in [3.05, 3.63) is 55.1 Å². The molecule has 2 rings (SSSR count). The zero-order valence-electron chi connectivity index (χ0n) is 15.6. The zero-order chi connectivity index (χ0) is 17.9. The number of hydrogen-bond donors (Lipinski definition) is 2. The van der Waals surface area contributed by atoms with Gasteiger partial charge in [-0.2, -0.15) is 0 Å². The number of aliphatic imine (C=N–C) groups is 1. The fourth-order valence-corrected chi connectivity index (χ4v) is 2.95. The summed E-state index contributed by atoms with van der Waals surface area (Å²) in [5.41, 5.74) is 1.10. The summed E-state index contributed by atoms with van der Waals surface area (Å²) in [5, 5.41) is 6.92. The highest BCUT2D eigenvalue weighted by Gasteiger charge is 2.19. The minimum absolute atomic E-state index is 0. The number of hydrogen-bond acceptors (Lipinski definition) is 3. The molecule has 0 radical (unpaired) electrons. The Bertz CT molecular complexity index is 583. The number of nitrogens with zero attached hydrogens (tertiary/aromatic N) is 2. The molecule has 1 aliphatic heterocycles. The number of ether oxygens (including phenoxy) is 1. The van der Waals surface area contributed by atoms with Crippen LogP contribution in [0.25, 0.3) is 0 Å². The smallest absolute Gasteiger partial charge is 0.191 e. The number of piperidine rings is 1. The van der Waals surface area contributed by atoms with E-state index >= 15 is 0 Å². The quantitative estimate of drug-likeness (QED) is 0.265. The first-order valence-electron chi connectivity index (χ1n) is 8.88. The average molecular weight is 470 g/mol. The highest BCUT2D eigenvalue weighted by Crippen LogP contribution is 2.17. The van der Waals surface area contributed by atoms with Gasteiger partial charge in [-0.3, -0.25) is 9.89 Å². The van der Waals surface area contributed by atoms with E-state index in [4.69, 9.17) is 4.74 Å². The molecule has 0 spiro atoms. The fourth-order valence-electron chi connectivity index (χ4n) is 2.95. The van der Waals surface area contributed by atoms with E-state index in [1.807, 2.05) is 31.3 Å². The summed E-state index contributed by atoms with van der Waals surface area (Å²) in [5.74, 6) is 1.71. The molecule has 0 bridgehead atoms. The van der Waals surface area contributed by atoms with Crippen molar-refractivity contribution < 1.29 is 4.74 Å². The summed E-state index contributed by atoms with van der Waals surface area (Å²) in [6.45, 7) is 11.9. The van der Waals surface area contributed by atoms with Crippen LogP contribution >= 0.6 is 24.0 Å². The van der Waals surface area contributed by atoms with E-state index in [0.717, 1.165) is 49.7 Å². The van der Waals surface area contributed by atoms with Crippen LogP contribution in [0.4, 0.5) is 0 Å². The van der Waals surface area contributed by atoms with Gasteiger partial charge >= 0.3 is 0 Å². The van der Waals surface area contributed by atoms with Gasteiger partial charge in [0.1, 0.15) is 12.4 Å². The lowest BCUT2D eigenvalue weighted by Crippen LogP contribution is -2.48. The fraction of sp³-hybridized carbons (Fsp3) is 0.450. The van der Waals surface area contributed by atoms with Crippen LogP contribution < -0.4 is 15.4 Å². The van der Waals surface area contributed by atoms with Gasteiger partial charge in [0.15, 0.2) is 5.96 Å². The van der Waals surface area contributed by atoms with Crippen molar-refractivity contribution in [2.45, 2.75) is 25.4 Å². The van der Waals surface area contributed by atoms with Gasteiger partial charge in [0.25, 0.3) is 0 Å². The molecular formula is C20H31IN4O. The van der Waals surface area contributed by atoms with Crippen molar-refractivity contribution in [1.29, 1.82) is 0 Å². The van der Waals surface area contributed by atoms with E-state index in [0.29, 0.717) is 19.2 Å². The molecule has 1 fully saturated rings. The monoisotopic (exact) mass is 470 g/mol. The van der Waals surface area contributed by atoms with Gasteiger partial charge in [-0.1, -0.05) is 36.9 Å². The van der Waals surface area contributed by atoms with Gasteiger partial charge in [-0.05, 0) is 18.9 Å². The molecule has 6 heteroatoms. The van der Waals surface area contributed by atoms with Crippen LogP contribution in [0.2, 0.25) is 0 Å². The second-order valence-electron chi connectivity index (χ2n) is 6.14. The number of nitrogens with one attached hydrogen (secondary N) is 2. The topological polar surface area (TPSA) is 48.9 Å². The van der Waals surface area contributed by atoms with Crippen LogP contribution in [0.1, 0.15) is 18.4 Å². The molecule has 5 nitrogen and oxygen atoms in total. The van der Waals surface area contributed by atoms with Gasteiger partial charge in [-0.15, -0.1) is 30.6 Å². The zero-order valence-corrected chi connectivity index (χ0v) is 17.9. The Morgan fingerprint density at radius 2 is 2.00 bits per heavy atom. The Balaban J connectivity index is 0.00000338. The molecule has 144 valence electrons. The largest absolute Gasteiger partial charge is 0.489 e. The van der Waals surface area contributed by atoms with Crippen LogP contribution in [0, 0.1) is 0 Å². The van der Waals surface area contributed by atoms with Crippen LogP contribution in [-0.2, 0) is 6.54 Å². The van der Waals surface area contributed by atoms with Crippen molar-refractivity contribution in [3.8, 4) is 5.75 Å². The third kappa shape index (κ3) is 7.37. The summed E-state index contributed by atoms with van der Waals surface area (Å²) < 4.78 is 5.71. The van der Waals surface area contributed by atoms with E-state index in [9.17, 15) is 0 Å². The highest BCUT2D eigenvalue weighted by molar-refractivity contribution is 14.0. The molecule has 0 aliphatic carbocycles. The van der Waals surface area contributed by atoms with E-state index in [2.05, 4.69) is 39.8 Å². The number of rotatable bonds is 8. The molecule has 1 heterocycles. The molecule has 0 amide bonds. The normalized spacial score (nSPS) is 15.7. The third-order valence-electron chi connectivity index (χ3n) is 4.31. The minimum atomic E-state index is 0. The lowest BCUT2D eigenvalue weighted by atomic mass is 10.1. The Labute approximate surface area is 174 Å². The molecule has 1 saturated heterocycles. The lowest BCUT2D eigenvalue weighted by Gasteiger charge is -2.32. The number of likely N-dealkylation sites (tertiary alicyclic amines) is 1. The number of halogens is 1. The second kappa shape index (κ2) is 12.8. The standard InChI is InChI=1S/C20H30N4O.HI/c1-4-12-24-13-10-18(11-14-24)23-20(21-3)22-16-17-8-6-7-9-19(17)25-15-5-2;/h4-9,18H,1-2,10-16H2,3H3,(H2,21,22,23);1H. The Hall–Kier alpha value is -1.54. The molecule has 0 aromatic heterocycles. The maximum Gasteiger partial charge on any atom is 0.191 e. The van der Waals surface area contributed by atoms with Crippen LogP contribution in [0.3, 0.4) is 0 Å². The van der Waals surface area contributed by atoms with Gasteiger partial charge in [0.2, 0.25) is 0 Å². The highest BCUT2D eigenvalue weighted by atomic mass is 127. The first kappa shape index (κ1) is 22.5. The molecule has 1 aromatic carbocycles. The molecule has 0 unspecified atom stereocenters. The van der Waals surface area contributed by atoms with Crippen LogP contribution in [0.15, 0.2) is 54.6 Å². The van der Waals surface area contributed by atoms with Crippen LogP contribution in [-0.4, -0.2) is 50.2 Å². The van der Waals surface area contributed by atoms with Gasteiger partial charge in [-0.25, -0.2) is 0 Å². The van der Waals surface area contributed by atoms with Crippen molar-refractivity contribution in [2.75, 3.05) is 33.3 Å². The summed E-state index contributed by atoms with van der Waals surface area (Å²) in [4.78, 5) is 6.78. The Kier molecular flexibility index (Phi) is 11.0. The number of para-hydroxylation sites is 1. The predicted octanol–water partition coefficient (Wildman–Crippen LogP) is 3.18. The minimum Gasteiger partial charge on any atom is -0.489 e. The number of guanidine groups is 1. The first-order valence-corrected chi connectivity index (χ1v) is 8.88. The summed E-state index contributed by atoms with van der Waals surface area (Å²) >= 11 is 0. The SMILES string of the molecule is C=CCOc1ccccc1CNC(=NC)NC1CCN(CC=C)CC1.I. The van der Waals surface area contributed by atoms with E-state index < -0.39 is 0 Å². The molecule has 1 aromatic rings. The van der Waals surface area contributed by atoms with Crippen LogP contribution in [0.5, 0.6) is 5.75 Å². The Morgan fingerprint density at radius 1 is 1.27 bits per heavy atom. The summed E-state index contributed by atoms with van der Waals surface area (Å²) in [7, 11) is 1.81.